The number of rotatable bonds is 2. The Kier molecular flexibility index (Phi) is 3.32. The van der Waals surface area contributed by atoms with Crippen molar-refractivity contribution in [2.24, 2.45) is 5.41 Å². The molecule has 0 aromatic carbocycles. The molecule has 110 valence electrons. The highest BCUT2D eigenvalue weighted by molar-refractivity contribution is 5.96. The lowest BCUT2D eigenvalue weighted by atomic mass is 9.60. The van der Waals surface area contributed by atoms with Gasteiger partial charge in [0.15, 0.2) is 0 Å². The minimum absolute atomic E-state index is 0.0596. The second-order valence-electron chi connectivity index (χ2n) is 6.12. The van der Waals surface area contributed by atoms with Crippen LogP contribution in [0.2, 0.25) is 0 Å². The van der Waals surface area contributed by atoms with E-state index in [1.165, 1.54) is 6.42 Å². The van der Waals surface area contributed by atoms with Crippen molar-refractivity contribution in [2.45, 2.75) is 45.6 Å². The number of aromatic nitrogens is 1. The molecule has 0 N–H and O–H groups in total. The first-order valence-corrected chi connectivity index (χ1v) is 7.32. The van der Waals surface area contributed by atoms with Gasteiger partial charge in [0.05, 0.1) is 11.8 Å². The van der Waals surface area contributed by atoms with Gasteiger partial charge in [-0.05, 0) is 39.5 Å². The van der Waals surface area contributed by atoms with Crippen molar-refractivity contribution in [3.05, 3.63) is 17.0 Å². The Hall–Kier alpha value is -1.36. The van der Waals surface area contributed by atoms with Crippen LogP contribution < -0.4 is 0 Å². The molecule has 1 atom stereocenters. The molecular formula is C15H22N2O3. The lowest BCUT2D eigenvalue weighted by Gasteiger charge is -2.53. The molecular weight excluding hydrogens is 256 g/mol. The number of amides is 1. The predicted molar refractivity (Wildman–Crippen MR) is 73.6 cm³/mol. The monoisotopic (exact) mass is 278 g/mol. The predicted octanol–water partition coefficient (Wildman–Crippen LogP) is 2.32. The molecule has 1 amide bonds. The Balaban J connectivity index is 1.68. The van der Waals surface area contributed by atoms with E-state index in [2.05, 4.69) is 5.16 Å². The van der Waals surface area contributed by atoms with Crippen LogP contribution in [-0.4, -0.2) is 42.3 Å². The molecule has 3 rings (SSSR count). The molecule has 1 aromatic heterocycles. The average Bonchev–Trinajstić information content (AvgIpc) is 2.77. The number of hydrogen-bond donors (Lipinski definition) is 0. The summed E-state index contributed by atoms with van der Waals surface area (Å²) in [4.78, 5) is 14.5. The highest BCUT2D eigenvalue weighted by Crippen LogP contribution is 2.50. The van der Waals surface area contributed by atoms with Crippen molar-refractivity contribution in [2.75, 3.05) is 20.2 Å². The molecule has 5 nitrogen and oxygen atoms in total. The number of aryl methyl sites for hydroxylation is 2. The minimum Gasteiger partial charge on any atom is -0.381 e. The number of piperidine rings is 1. The van der Waals surface area contributed by atoms with Crippen LogP contribution in [0.25, 0.3) is 0 Å². The van der Waals surface area contributed by atoms with Crippen LogP contribution in [0.4, 0.5) is 0 Å². The normalized spacial score (nSPS) is 24.8. The molecule has 0 radical (unpaired) electrons. The number of ether oxygens (including phenoxy) is 1. The van der Waals surface area contributed by atoms with E-state index in [9.17, 15) is 4.79 Å². The molecule has 2 aliphatic rings. The van der Waals surface area contributed by atoms with E-state index in [0.29, 0.717) is 28.5 Å². The third-order valence-electron chi connectivity index (χ3n) is 5.17. The molecule has 2 heterocycles. The summed E-state index contributed by atoms with van der Waals surface area (Å²) in [5.74, 6) is 0.676. The SMILES string of the molecule is COC1CCC12CCN(C(=O)c1c(C)noc1C)CC2. The summed E-state index contributed by atoms with van der Waals surface area (Å²) in [6.07, 6.45) is 4.87. The van der Waals surface area contributed by atoms with Gasteiger partial charge in [0.1, 0.15) is 11.3 Å². The van der Waals surface area contributed by atoms with Gasteiger partial charge < -0.3 is 14.2 Å². The molecule has 5 heteroatoms. The van der Waals surface area contributed by atoms with Gasteiger partial charge in [0.2, 0.25) is 0 Å². The van der Waals surface area contributed by atoms with E-state index in [1.54, 1.807) is 14.0 Å². The van der Waals surface area contributed by atoms with Gasteiger partial charge in [-0.15, -0.1) is 0 Å². The molecule has 1 spiro atoms. The van der Waals surface area contributed by atoms with Gasteiger partial charge in [-0.3, -0.25) is 4.79 Å². The van der Waals surface area contributed by atoms with Crippen LogP contribution in [0.3, 0.4) is 0 Å². The summed E-state index contributed by atoms with van der Waals surface area (Å²) in [6, 6.07) is 0. The Bertz CT molecular complexity index is 494. The van der Waals surface area contributed by atoms with Crippen molar-refractivity contribution >= 4 is 5.91 Å². The maximum Gasteiger partial charge on any atom is 0.259 e. The van der Waals surface area contributed by atoms with Crippen molar-refractivity contribution in [1.82, 2.24) is 10.1 Å². The van der Waals surface area contributed by atoms with Gasteiger partial charge in [0.25, 0.3) is 5.91 Å². The molecule has 1 aliphatic heterocycles. The van der Waals surface area contributed by atoms with E-state index in [4.69, 9.17) is 9.26 Å². The first-order chi connectivity index (χ1) is 9.57. The van der Waals surface area contributed by atoms with Gasteiger partial charge in [0, 0.05) is 25.6 Å². The van der Waals surface area contributed by atoms with Crippen LogP contribution in [0.5, 0.6) is 0 Å². The van der Waals surface area contributed by atoms with Crippen LogP contribution in [0.1, 0.15) is 47.5 Å². The van der Waals surface area contributed by atoms with Gasteiger partial charge in [-0.1, -0.05) is 5.16 Å². The fourth-order valence-electron chi connectivity index (χ4n) is 3.71. The summed E-state index contributed by atoms with van der Waals surface area (Å²) in [7, 11) is 1.80. The van der Waals surface area contributed by atoms with Crippen molar-refractivity contribution < 1.29 is 14.1 Å². The van der Waals surface area contributed by atoms with Crippen molar-refractivity contribution in [3.8, 4) is 0 Å². The highest BCUT2D eigenvalue weighted by Gasteiger charge is 2.49. The molecule has 2 fully saturated rings. The highest BCUT2D eigenvalue weighted by atomic mass is 16.5. The van der Waals surface area contributed by atoms with E-state index < -0.39 is 0 Å². The first kappa shape index (κ1) is 13.6. The van der Waals surface area contributed by atoms with Crippen LogP contribution in [0.15, 0.2) is 4.52 Å². The fourth-order valence-corrected chi connectivity index (χ4v) is 3.71. The quantitative estimate of drug-likeness (QED) is 0.833. The van der Waals surface area contributed by atoms with Crippen LogP contribution in [-0.2, 0) is 4.74 Å². The topological polar surface area (TPSA) is 55.6 Å². The smallest absolute Gasteiger partial charge is 0.259 e. The van der Waals surface area contributed by atoms with Gasteiger partial charge >= 0.3 is 0 Å². The fraction of sp³-hybridized carbons (Fsp3) is 0.733. The maximum absolute atomic E-state index is 12.6. The number of methoxy groups -OCH3 is 1. The number of carbonyl (C=O) groups is 1. The molecule has 1 saturated heterocycles. The molecule has 1 aromatic rings. The summed E-state index contributed by atoms with van der Waals surface area (Å²) in [5, 5.41) is 3.87. The first-order valence-electron chi connectivity index (χ1n) is 7.32. The Morgan fingerprint density at radius 1 is 1.35 bits per heavy atom. The lowest BCUT2D eigenvalue weighted by molar-refractivity contribution is -0.116. The number of nitrogens with zero attached hydrogens (tertiary/aromatic N) is 2. The Morgan fingerprint density at radius 2 is 2.05 bits per heavy atom. The van der Waals surface area contributed by atoms with Gasteiger partial charge in [-0.2, -0.15) is 0 Å². The molecule has 20 heavy (non-hydrogen) atoms. The zero-order chi connectivity index (χ0) is 14.3. The largest absolute Gasteiger partial charge is 0.381 e. The van der Waals surface area contributed by atoms with Crippen molar-refractivity contribution in [3.63, 3.8) is 0 Å². The second-order valence-corrected chi connectivity index (χ2v) is 6.12. The van der Waals surface area contributed by atoms with E-state index in [-0.39, 0.29) is 5.91 Å². The summed E-state index contributed by atoms with van der Waals surface area (Å²) in [6.45, 7) is 5.24. The maximum atomic E-state index is 12.6. The zero-order valence-corrected chi connectivity index (χ0v) is 12.4. The summed E-state index contributed by atoms with van der Waals surface area (Å²) < 4.78 is 10.7. The standard InChI is InChI=1S/C15H22N2O3/c1-10-13(11(2)20-16-10)14(18)17-8-6-15(7-9-17)5-4-12(15)19-3/h12H,4-9H2,1-3H3. The average molecular weight is 278 g/mol. The summed E-state index contributed by atoms with van der Waals surface area (Å²) >= 11 is 0. The summed E-state index contributed by atoms with van der Waals surface area (Å²) in [5.41, 5.74) is 1.65. The third kappa shape index (κ3) is 1.95. The number of likely N-dealkylation sites (tertiary alicyclic amines) is 1. The third-order valence-corrected chi connectivity index (χ3v) is 5.17. The van der Waals surface area contributed by atoms with Gasteiger partial charge in [-0.25, -0.2) is 0 Å². The van der Waals surface area contributed by atoms with E-state index in [0.717, 1.165) is 32.4 Å². The van der Waals surface area contributed by atoms with Crippen LogP contribution >= 0.6 is 0 Å². The zero-order valence-electron chi connectivity index (χ0n) is 12.4. The lowest BCUT2D eigenvalue weighted by Crippen LogP contribution is -2.54. The number of hydrogen-bond acceptors (Lipinski definition) is 4. The minimum atomic E-state index is 0.0596. The molecule has 1 unspecified atom stereocenters. The van der Waals surface area contributed by atoms with Crippen LogP contribution in [0, 0.1) is 19.3 Å². The molecule has 0 bridgehead atoms. The number of carbonyl (C=O) groups excluding carboxylic acids is 1. The molecule has 1 aliphatic carbocycles. The van der Waals surface area contributed by atoms with Crippen molar-refractivity contribution in [1.29, 1.82) is 0 Å². The second kappa shape index (κ2) is 4.88. The Labute approximate surface area is 119 Å². The molecule has 1 saturated carbocycles. The van der Waals surface area contributed by atoms with E-state index in [1.807, 2.05) is 11.8 Å². The Morgan fingerprint density at radius 3 is 2.50 bits per heavy atom. The van der Waals surface area contributed by atoms with E-state index >= 15 is 0 Å².